The topological polar surface area (TPSA) is 9.86 Å². The van der Waals surface area contributed by atoms with E-state index < -0.39 is 0 Å². The molecular weight excluding hydrogens is 908 g/mol. The summed E-state index contributed by atoms with van der Waals surface area (Å²) < 4.78 is 7.13. The monoisotopic (exact) mass is 976 g/mol. The van der Waals surface area contributed by atoms with Gasteiger partial charge >= 0.3 is 0 Å². The summed E-state index contributed by atoms with van der Waals surface area (Å²) in [5.41, 5.74) is 12.7. The van der Waals surface area contributed by atoms with E-state index in [4.69, 9.17) is 0 Å². The molecule has 64 heavy (non-hydrogen) atoms. The Hall–Kier alpha value is -4.12. The van der Waals surface area contributed by atoms with Gasteiger partial charge in [0.1, 0.15) is 0 Å². The molecule has 2 heterocycles. The van der Waals surface area contributed by atoms with Gasteiger partial charge in [0.15, 0.2) is 0 Å². The maximum absolute atomic E-state index is 3.94. The third-order valence-electron chi connectivity index (χ3n) is 13.8. The minimum Gasteiger partial charge on any atom is -0.308 e. The van der Waals surface area contributed by atoms with E-state index in [1.165, 1.54) is 206 Å². The van der Waals surface area contributed by atoms with Crippen LogP contribution in [-0.2, 0) is 12.8 Å². The molecule has 8 aromatic rings. The third kappa shape index (κ3) is 11.1. The molecule has 2 nitrogen and oxygen atoms in total. The minimum absolute atomic E-state index is 1.12. The van der Waals surface area contributed by atoms with Crippen molar-refractivity contribution in [1.82, 2.24) is 9.13 Å². The number of hydrogen-bond acceptors (Lipinski definition) is 0. The fourth-order valence-electron chi connectivity index (χ4n) is 10.2. The zero-order valence-electron chi connectivity index (χ0n) is 38.8. The van der Waals surface area contributed by atoms with Crippen molar-refractivity contribution in [1.29, 1.82) is 0 Å². The van der Waals surface area contributed by atoms with Crippen LogP contribution in [0.3, 0.4) is 0 Å². The van der Waals surface area contributed by atoms with Gasteiger partial charge in [0.05, 0.1) is 22.1 Å². The van der Waals surface area contributed by atoms with Crippen molar-refractivity contribution in [3.63, 3.8) is 0 Å². The molecule has 0 fully saturated rings. The van der Waals surface area contributed by atoms with Crippen LogP contribution in [0.5, 0.6) is 0 Å². The van der Waals surface area contributed by atoms with Crippen LogP contribution in [0.15, 0.2) is 130 Å². The molecule has 0 saturated carbocycles. The number of fused-ring (bicyclic) bond motifs is 6. The molecule has 0 amide bonds. The predicted octanol–water partition coefficient (Wildman–Crippen LogP) is 20.0. The summed E-state index contributed by atoms with van der Waals surface area (Å²) in [6, 6.07) is 45.9. The number of hydrogen-bond donors (Lipinski definition) is 0. The van der Waals surface area contributed by atoms with E-state index in [1.54, 1.807) is 0 Å². The van der Waals surface area contributed by atoms with E-state index in [0.29, 0.717) is 0 Å². The highest BCUT2D eigenvalue weighted by Crippen LogP contribution is 2.39. The molecule has 0 aliphatic heterocycles. The first-order valence-corrected chi connectivity index (χ1v) is 26.8. The van der Waals surface area contributed by atoms with Gasteiger partial charge in [0.2, 0.25) is 0 Å². The number of rotatable bonds is 25. The molecule has 6 aromatic carbocycles. The molecule has 2 aromatic heterocycles. The first-order chi connectivity index (χ1) is 31.6. The van der Waals surface area contributed by atoms with E-state index in [0.717, 1.165) is 21.8 Å². The molecule has 0 unspecified atom stereocenters. The molecule has 4 heteroatoms. The summed E-state index contributed by atoms with van der Waals surface area (Å²) in [6.45, 7) is 4.60. The largest absolute Gasteiger partial charge is 0.308 e. The Morgan fingerprint density at radius 3 is 1.05 bits per heavy atom. The maximum Gasteiger partial charge on any atom is 0.0683 e. The van der Waals surface area contributed by atoms with E-state index in [9.17, 15) is 0 Å². The lowest BCUT2D eigenvalue weighted by Gasteiger charge is -2.12. The van der Waals surface area contributed by atoms with Crippen LogP contribution in [0.1, 0.15) is 153 Å². The highest BCUT2D eigenvalue weighted by atomic mass is 79.9. The lowest BCUT2D eigenvalue weighted by Crippen LogP contribution is -1.96. The quantitative estimate of drug-likeness (QED) is 0.0505. The van der Waals surface area contributed by atoms with Crippen LogP contribution < -0.4 is 0 Å². The summed E-state index contributed by atoms with van der Waals surface area (Å²) >= 11 is 7.89. The zero-order valence-corrected chi connectivity index (χ0v) is 41.9. The Balaban J connectivity index is 0.952. The van der Waals surface area contributed by atoms with Crippen molar-refractivity contribution in [2.24, 2.45) is 0 Å². The van der Waals surface area contributed by atoms with Gasteiger partial charge in [-0.05, 0) is 140 Å². The highest BCUT2D eigenvalue weighted by Gasteiger charge is 2.17. The van der Waals surface area contributed by atoms with E-state index in [1.807, 2.05) is 0 Å². The minimum atomic E-state index is 1.12. The fourth-order valence-corrected chi connectivity index (χ4v) is 11.3. The standard InChI is InChI=1S/C60H70Br2N2/c1-3-5-7-9-11-13-15-17-19-21-25-45-31-41-57-53(43-45)51-27-23-29-55(61)59(51)63(57)49-37-33-47(34-38-49)48-35-39-50(40-36-48)64-58-42-32-46(26-22-20-18-16-14-12-10-8-6-4-2)44-54(58)52-28-24-30-56(62)60(52)64/h23-24,27-44H,3-22,25-26H2,1-2H3. The van der Waals surface area contributed by atoms with Crippen molar-refractivity contribution >= 4 is 75.5 Å². The number of halogens is 2. The SMILES string of the molecule is CCCCCCCCCCCCc1ccc2c(c1)c1cccc(Br)c1n2-c1ccc(-c2ccc(-n3c4ccc(CCCCCCCCCCCC)cc4c4cccc(Br)c43)cc2)cc1. The average Bonchev–Trinajstić information content (AvgIpc) is 3.84. The van der Waals surface area contributed by atoms with Crippen LogP contribution in [0.25, 0.3) is 66.1 Å². The van der Waals surface area contributed by atoms with Gasteiger partial charge in [-0.1, -0.05) is 190 Å². The van der Waals surface area contributed by atoms with E-state index >= 15 is 0 Å². The average molecular weight is 979 g/mol. The second-order valence-corrected chi connectivity index (χ2v) is 20.3. The molecule has 0 radical (unpaired) electrons. The van der Waals surface area contributed by atoms with Crippen LogP contribution >= 0.6 is 31.9 Å². The van der Waals surface area contributed by atoms with Gasteiger partial charge in [-0.15, -0.1) is 0 Å². The fraction of sp³-hybridized carbons (Fsp3) is 0.400. The molecule has 334 valence electrons. The lowest BCUT2D eigenvalue weighted by molar-refractivity contribution is 0.556. The summed E-state index contributed by atoms with van der Waals surface area (Å²) in [5.74, 6) is 0. The van der Waals surface area contributed by atoms with Crippen molar-refractivity contribution in [3.05, 3.63) is 141 Å². The molecule has 0 aliphatic rings. The van der Waals surface area contributed by atoms with Crippen LogP contribution in [-0.4, -0.2) is 9.13 Å². The van der Waals surface area contributed by atoms with Crippen LogP contribution in [0.2, 0.25) is 0 Å². The number of nitrogens with zero attached hydrogens (tertiary/aromatic N) is 2. The Kier molecular flexibility index (Phi) is 16.9. The van der Waals surface area contributed by atoms with Gasteiger partial charge in [0, 0.05) is 41.9 Å². The van der Waals surface area contributed by atoms with Crippen molar-refractivity contribution in [3.8, 4) is 22.5 Å². The van der Waals surface area contributed by atoms with Gasteiger partial charge < -0.3 is 9.13 Å². The predicted molar refractivity (Wildman–Crippen MR) is 287 cm³/mol. The second kappa shape index (κ2) is 23.4. The third-order valence-corrected chi connectivity index (χ3v) is 15.1. The Bertz CT molecular complexity index is 2530. The molecule has 0 aliphatic carbocycles. The van der Waals surface area contributed by atoms with Crippen LogP contribution in [0.4, 0.5) is 0 Å². The number of para-hydroxylation sites is 2. The number of unbranched alkanes of at least 4 members (excludes halogenated alkanes) is 18. The van der Waals surface area contributed by atoms with E-state index in [2.05, 4.69) is 176 Å². The van der Waals surface area contributed by atoms with Crippen LogP contribution in [0, 0.1) is 0 Å². The van der Waals surface area contributed by atoms with E-state index in [-0.39, 0.29) is 0 Å². The Morgan fingerprint density at radius 2 is 0.688 bits per heavy atom. The van der Waals surface area contributed by atoms with Gasteiger partial charge in [-0.3, -0.25) is 0 Å². The molecule has 0 saturated heterocycles. The van der Waals surface area contributed by atoms with Gasteiger partial charge in [0.25, 0.3) is 0 Å². The molecule has 0 N–H and O–H groups in total. The Morgan fingerprint density at radius 1 is 0.344 bits per heavy atom. The first-order valence-electron chi connectivity index (χ1n) is 25.2. The summed E-state index contributed by atoms with van der Waals surface area (Å²) in [6.07, 6.45) is 29.7. The van der Waals surface area contributed by atoms with Crippen molar-refractivity contribution in [2.45, 2.75) is 155 Å². The molecular formula is C60H70Br2N2. The molecule has 0 spiro atoms. The molecule has 8 rings (SSSR count). The summed E-state index contributed by atoms with van der Waals surface area (Å²) in [5, 5.41) is 5.28. The smallest absolute Gasteiger partial charge is 0.0683 e. The first kappa shape index (κ1) is 46.4. The summed E-state index contributed by atoms with van der Waals surface area (Å²) in [4.78, 5) is 0. The normalized spacial score (nSPS) is 11.9. The summed E-state index contributed by atoms with van der Waals surface area (Å²) in [7, 11) is 0. The Labute approximate surface area is 401 Å². The van der Waals surface area contributed by atoms with Crippen molar-refractivity contribution < 1.29 is 0 Å². The number of aryl methyl sites for hydroxylation is 2. The lowest BCUT2D eigenvalue weighted by atomic mass is 10.0. The van der Waals surface area contributed by atoms with Gasteiger partial charge in [-0.2, -0.15) is 0 Å². The van der Waals surface area contributed by atoms with Gasteiger partial charge in [-0.25, -0.2) is 0 Å². The second-order valence-electron chi connectivity index (χ2n) is 18.6. The highest BCUT2D eigenvalue weighted by molar-refractivity contribution is 9.11. The van der Waals surface area contributed by atoms with Crippen molar-refractivity contribution in [2.75, 3.05) is 0 Å². The zero-order chi connectivity index (χ0) is 44.1. The molecule has 0 atom stereocenters. The number of benzene rings is 6. The number of aromatic nitrogens is 2. The maximum atomic E-state index is 3.94. The molecule has 0 bridgehead atoms.